The number of hydrogen-bond donors (Lipinski definition) is 3. The van der Waals surface area contributed by atoms with Crippen LogP contribution in [0.1, 0.15) is 10.4 Å². The summed E-state index contributed by atoms with van der Waals surface area (Å²) in [5.41, 5.74) is 3.24. The number of nitrogen functional groups attached to an aromatic ring is 1. The van der Waals surface area contributed by atoms with E-state index in [1.165, 1.54) is 6.07 Å². The molecule has 0 atom stereocenters. The van der Waals surface area contributed by atoms with Gasteiger partial charge in [-0.3, -0.25) is 30.3 Å². The van der Waals surface area contributed by atoms with Crippen molar-refractivity contribution in [2.24, 2.45) is 0 Å². The van der Waals surface area contributed by atoms with Gasteiger partial charge in [0.1, 0.15) is 11.4 Å². The van der Waals surface area contributed by atoms with E-state index in [0.29, 0.717) is 17.6 Å². The minimum absolute atomic E-state index is 0.0451. The number of aromatic hydroxyl groups is 1. The van der Waals surface area contributed by atoms with Crippen LogP contribution in [0, 0.1) is 30.3 Å². The summed E-state index contributed by atoms with van der Waals surface area (Å²) in [4.78, 5) is 42.5. The highest BCUT2D eigenvalue weighted by Gasteiger charge is 2.30. The molecule has 0 aliphatic carbocycles. The molecule has 0 fully saturated rings. The molecular formula is C16H11N5O9. The average Bonchev–Trinajstić information content (AvgIpc) is 2.67. The maximum atomic E-state index is 10.7. The summed E-state index contributed by atoms with van der Waals surface area (Å²) in [6.07, 6.45) is 0. The van der Waals surface area contributed by atoms with Crippen LogP contribution >= 0.6 is 0 Å². The molecule has 3 rings (SSSR count). The Hall–Kier alpha value is -4.88. The van der Waals surface area contributed by atoms with Gasteiger partial charge in [-0.2, -0.15) is 0 Å². The summed E-state index contributed by atoms with van der Waals surface area (Å²) in [5, 5.41) is 49.8. The molecule has 14 heteroatoms. The van der Waals surface area contributed by atoms with Gasteiger partial charge in [0.15, 0.2) is 0 Å². The monoisotopic (exact) mass is 417 g/mol. The topological polar surface area (TPSA) is 226 Å². The van der Waals surface area contributed by atoms with Crippen LogP contribution in [0.15, 0.2) is 42.5 Å². The zero-order valence-corrected chi connectivity index (χ0v) is 14.7. The van der Waals surface area contributed by atoms with Crippen molar-refractivity contribution in [3.05, 3.63) is 78.4 Å². The number of phenols is 1. The van der Waals surface area contributed by atoms with Gasteiger partial charge in [0, 0.05) is 5.39 Å². The quantitative estimate of drug-likeness (QED) is 0.412. The number of nitro groups is 3. The van der Waals surface area contributed by atoms with Gasteiger partial charge >= 0.3 is 17.3 Å². The van der Waals surface area contributed by atoms with Crippen LogP contribution < -0.4 is 5.73 Å². The van der Waals surface area contributed by atoms with Crippen molar-refractivity contribution in [1.82, 2.24) is 4.98 Å². The highest BCUT2D eigenvalue weighted by molar-refractivity contribution is 5.97. The van der Waals surface area contributed by atoms with Gasteiger partial charge in [0.25, 0.3) is 11.4 Å². The summed E-state index contributed by atoms with van der Waals surface area (Å²) in [6, 6.07) is 9.66. The fourth-order valence-electron chi connectivity index (χ4n) is 2.28. The third kappa shape index (κ3) is 4.50. The number of aromatic carboxylic acids is 1. The van der Waals surface area contributed by atoms with Gasteiger partial charge in [0.2, 0.25) is 0 Å². The number of nitrogens with two attached hydrogens (primary N) is 1. The molecule has 2 aromatic carbocycles. The smallest absolute Gasteiger partial charge is 0.339 e. The minimum Gasteiger partial charge on any atom is -0.497 e. The number of fused-ring (bicyclic) bond motifs is 1. The van der Waals surface area contributed by atoms with E-state index in [0.717, 1.165) is 5.39 Å². The molecule has 1 heterocycles. The Morgan fingerprint density at radius 3 is 1.93 bits per heavy atom. The maximum absolute atomic E-state index is 10.7. The molecule has 0 bridgehead atoms. The normalized spacial score (nSPS) is 10.0. The first-order valence-electron chi connectivity index (χ1n) is 7.71. The van der Waals surface area contributed by atoms with Gasteiger partial charge in [-0.05, 0) is 12.1 Å². The van der Waals surface area contributed by atoms with Gasteiger partial charge in [0.05, 0.1) is 32.4 Å². The number of carboxylic acid groups (broad SMARTS) is 1. The standard InChI is InChI=1S/C10H8N2O2.C6H3N3O7/c11-9-7(10(13)14)5-6-3-1-2-4-8(6)12-9;10-6-4(8(13)14)1-3(7(11)12)2-5(6)9(15)16/h1-5H,(H2,11,12)(H,13,14);1-2,10H. The number of benzene rings is 2. The van der Waals surface area contributed by atoms with E-state index in [2.05, 4.69) is 4.98 Å². The number of nitro benzene ring substituents is 3. The third-order valence-corrected chi connectivity index (χ3v) is 3.64. The van der Waals surface area contributed by atoms with Gasteiger partial charge in [-0.1, -0.05) is 18.2 Å². The first-order chi connectivity index (χ1) is 14.0. The maximum Gasteiger partial charge on any atom is 0.339 e. The molecule has 0 aliphatic rings. The lowest BCUT2D eigenvalue weighted by Crippen LogP contribution is -2.04. The summed E-state index contributed by atoms with van der Waals surface area (Å²) < 4.78 is 0. The molecule has 0 radical (unpaired) electrons. The predicted molar refractivity (Wildman–Crippen MR) is 101 cm³/mol. The molecule has 154 valence electrons. The fraction of sp³-hybridized carbons (Fsp3) is 0. The van der Waals surface area contributed by atoms with Crippen LogP contribution in [0.4, 0.5) is 22.9 Å². The summed E-state index contributed by atoms with van der Waals surface area (Å²) in [7, 11) is 0. The van der Waals surface area contributed by atoms with E-state index in [9.17, 15) is 35.1 Å². The second-order valence-corrected chi connectivity index (χ2v) is 5.52. The average molecular weight is 417 g/mol. The minimum atomic E-state index is -1.21. The molecule has 0 saturated heterocycles. The molecule has 0 saturated carbocycles. The number of hydrogen-bond acceptors (Lipinski definition) is 10. The van der Waals surface area contributed by atoms with Gasteiger partial charge in [-0.15, -0.1) is 0 Å². The van der Waals surface area contributed by atoms with E-state index < -0.39 is 43.6 Å². The van der Waals surface area contributed by atoms with Crippen molar-refractivity contribution in [2.45, 2.75) is 0 Å². The van der Waals surface area contributed by atoms with Crippen molar-refractivity contribution >= 4 is 39.8 Å². The van der Waals surface area contributed by atoms with Crippen molar-refractivity contribution < 1.29 is 29.8 Å². The number of non-ortho nitro benzene ring substituents is 1. The van der Waals surface area contributed by atoms with Crippen molar-refractivity contribution in [2.75, 3.05) is 5.73 Å². The molecule has 14 nitrogen and oxygen atoms in total. The Labute approximate surface area is 165 Å². The molecule has 0 amide bonds. The van der Waals surface area contributed by atoms with E-state index >= 15 is 0 Å². The molecule has 30 heavy (non-hydrogen) atoms. The largest absolute Gasteiger partial charge is 0.497 e. The summed E-state index contributed by atoms with van der Waals surface area (Å²) >= 11 is 0. The second kappa shape index (κ2) is 8.42. The Morgan fingerprint density at radius 2 is 1.47 bits per heavy atom. The van der Waals surface area contributed by atoms with E-state index in [4.69, 9.17) is 15.9 Å². The number of para-hydroxylation sites is 1. The molecule has 0 aliphatic heterocycles. The van der Waals surface area contributed by atoms with Crippen molar-refractivity contribution in [3.8, 4) is 5.75 Å². The molecule has 1 aromatic heterocycles. The first-order valence-corrected chi connectivity index (χ1v) is 7.71. The van der Waals surface area contributed by atoms with Crippen LogP contribution in [0.3, 0.4) is 0 Å². The number of aromatic nitrogens is 1. The highest BCUT2D eigenvalue weighted by Crippen LogP contribution is 2.38. The van der Waals surface area contributed by atoms with Crippen LogP contribution in [-0.4, -0.2) is 35.9 Å². The lowest BCUT2D eigenvalue weighted by Gasteiger charge is -2.02. The van der Waals surface area contributed by atoms with E-state index in [-0.39, 0.29) is 11.4 Å². The number of rotatable bonds is 4. The lowest BCUT2D eigenvalue weighted by molar-refractivity contribution is -0.404. The lowest BCUT2D eigenvalue weighted by atomic mass is 10.1. The van der Waals surface area contributed by atoms with E-state index in [1.807, 2.05) is 12.1 Å². The zero-order chi connectivity index (χ0) is 22.6. The molecular weight excluding hydrogens is 406 g/mol. The second-order valence-electron chi connectivity index (χ2n) is 5.52. The number of carboxylic acids is 1. The number of phenolic OH excluding ortho intramolecular Hbond substituents is 1. The number of carbonyl (C=O) groups is 1. The zero-order valence-electron chi connectivity index (χ0n) is 14.7. The van der Waals surface area contributed by atoms with Crippen LogP contribution in [0.2, 0.25) is 0 Å². The molecule has 0 unspecified atom stereocenters. The van der Waals surface area contributed by atoms with Crippen LogP contribution in [-0.2, 0) is 0 Å². The van der Waals surface area contributed by atoms with Crippen molar-refractivity contribution in [3.63, 3.8) is 0 Å². The molecule has 3 aromatic rings. The Morgan fingerprint density at radius 1 is 0.933 bits per heavy atom. The molecule has 0 spiro atoms. The number of nitrogens with zero attached hydrogens (tertiary/aromatic N) is 4. The fourth-order valence-corrected chi connectivity index (χ4v) is 2.28. The van der Waals surface area contributed by atoms with Gasteiger partial charge in [-0.25, -0.2) is 9.78 Å². The third-order valence-electron chi connectivity index (χ3n) is 3.64. The Bertz CT molecular complexity index is 1160. The molecule has 4 N–H and O–H groups in total. The number of anilines is 1. The van der Waals surface area contributed by atoms with Crippen LogP contribution in [0.25, 0.3) is 10.9 Å². The summed E-state index contributed by atoms with van der Waals surface area (Å²) in [5.74, 6) is -2.21. The van der Waals surface area contributed by atoms with Gasteiger partial charge < -0.3 is 15.9 Å². The van der Waals surface area contributed by atoms with Crippen LogP contribution in [0.5, 0.6) is 5.75 Å². The number of pyridine rings is 1. The summed E-state index contributed by atoms with van der Waals surface area (Å²) in [6.45, 7) is 0. The van der Waals surface area contributed by atoms with Crippen molar-refractivity contribution in [1.29, 1.82) is 0 Å². The Balaban J connectivity index is 0.000000215. The Kier molecular flexibility index (Phi) is 6.02. The first kappa shape index (κ1) is 21.4. The highest BCUT2D eigenvalue weighted by atomic mass is 16.6. The van der Waals surface area contributed by atoms with E-state index in [1.54, 1.807) is 12.1 Å². The predicted octanol–water partition coefficient (Wildman–Crippen LogP) is 2.63. The SMILES string of the molecule is Nc1nc2ccccc2cc1C(=O)O.O=[N+]([O-])c1cc([N+](=O)[O-])c(O)c([N+](=O)[O-])c1.